The topological polar surface area (TPSA) is 20.3 Å². The summed E-state index contributed by atoms with van der Waals surface area (Å²) in [6.07, 6.45) is 1.86. The van der Waals surface area contributed by atoms with E-state index in [2.05, 4.69) is 0 Å². The van der Waals surface area contributed by atoms with E-state index in [0.29, 0.717) is 10.6 Å². The summed E-state index contributed by atoms with van der Waals surface area (Å²) in [7, 11) is 3.82. The predicted octanol–water partition coefficient (Wildman–Crippen LogP) is 3.86. The Bertz CT molecular complexity index is 452. The minimum Gasteiger partial charge on any atom is -0.383 e. The Morgan fingerprint density at radius 1 is 1.17 bits per heavy atom. The fraction of sp³-hybridized carbons (Fsp3) is 0.400. The van der Waals surface area contributed by atoms with Crippen molar-refractivity contribution in [2.75, 3.05) is 14.1 Å². The predicted molar refractivity (Wildman–Crippen MR) is 77.6 cm³/mol. The normalized spacial score (nSPS) is 12.4. The van der Waals surface area contributed by atoms with Crippen LogP contribution in [0.5, 0.6) is 0 Å². The number of carbonyl (C=O) groups is 1. The third-order valence-corrected chi connectivity index (χ3v) is 2.72. The molecule has 0 radical (unpaired) electrons. The Labute approximate surface area is 114 Å². The Kier molecular flexibility index (Phi) is 4.58. The van der Waals surface area contributed by atoms with Crippen LogP contribution < -0.4 is 0 Å². The van der Waals surface area contributed by atoms with Gasteiger partial charge >= 0.3 is 0 Å². The van der Waals surface area contributed by atoms with Gasteiger partial charge in [0.1, 0.15) is 0 Å². The average molecular weight is 266 g/mol. The van der Waals surface area contributed by atoms with Crippen molar-refractivity contribution in [2.24, 2.45) is 5.41 Å². The third kappa shape index (κ3) is 3.88. The average Bonchev–Trinajstić information content (AvgIpc) is 2.25. The Hall–Kier alpha value is -1.28. The molecule has 0 N–H and O–H groups in total. The molecular weight excluding hydrogens is 246 g/mol. The summed E-state index contributed by atoms with van der Waals surface area (Å²) < 4.78 is 0. The molecule has 0 bridgehead atoms. The standard InChI is InChI=1S/C15H20ClNO/c1-15(2,3)14(18)13(10-17(4)5)11-6-8-12(16)9-7-11/h6-10H,1-5H3. The molecule has 0 spiro atoms. The number of allylic oxidation sites excluding steroid dienone is 1. The van der Waals surface area contributed by atoms with E-state index in [-0.39, 0.29) is 5.78 Å². The molecule has 18 heavy (non-hydrogen) atoms. The van der Waals surface area contributed by atoms with Gasteiger partial charge in [0.15, 0.2) is 5.78 Å². The summed E-state index contributed by atoms with van der Waals surface area (Å²) in [5.41, 5.74) is 1.21. The molecule has 0 aliphatic carbocycles. The molecule has 1 rings (SSSR count). The van der Waals surface area contributed by atoms with Crippen LogP contribution in [0.4, 0.5) is 0 Å². The highest BCUT2D eigenvalue weighted by atomic mass is 35.5. The second kappa shape index (κ2) is 5.57. The van der Waals surface area contributed by atoms with Gasteiger partial charge in [-0.3, -0.25) is 4.79 Å². The van der Waals surface area contributed by atoms with Crippen LogP contribution in [-0.2, 0) is 4.79 Å². The van der Waals surface area contributed by atoms with Crippen LogP contribution in [0.1, 0.15) is 26.3 Å². The molecular formula is C15H20ClNO. The zero-order valence-corrected chi connectivity index (χ0v) is 12.4. The highest BCUT2D eigenvalue weighted by molar-refractivity contribution is 6.30. The minimum absolute atomic E-state index is 0.124. The molecule has 0 saturated heterocycles. The lowest BCUT2D eigenvalue weighted by Crippen LogP contribution is -2.22. The lowest BCUT2D eigenvalue weighted by Gasteiger charge is -2.20. The summed E-state index contributed by atoms with van der Waals surface area (Å²) in [5.74, 6) is 0.124. The molecule has 0 aliphatic rings. The van der Waals surface area contributed by atoms with Crippen molar-refractivity contribution < 1.29 is 4.79 Å². The molecule has 0 heterocycles. The largest absolute Gasteiger partial charge is 0.383 e. The maximum absolute atomic E-state index is 12.5. The molecule has 0 saturated carbocycles. The van der Waals surface area contributed by atoms with Gasteiger partial charge < -0.3 is 4.90 Å². The van der Waals surface area contributed by atoms with E-state index in [9.17, 15) is 4.79 Å². The smallest absolute Gasteiger partial charge is 0.170 e. The first-order chi connectivity index (χ1) is 8.21. The summed E-state index contributed by atoms with van der Waals surface area (Å²) in [4.78, 5) is 14.3. The third-order valence-electron chi connectivity index (χ3n) is 2.47. The van der Waals surface area contributed by atoms with Gasteiger partial charge in [-0.1, -0.05) is 44.5 Å². The van der Waals surface area contributed by atoms with E-state index in [1.807, 2.05) is 58.1 Å². The van der Waals surface area contributed by atoms with Crippen LogP contribution in [0.2, 0.25) is 5.02 Å². The molecule has 0 amide bonds. The molecule has 3 heteroatoms. The zero-order valence-electron chi connectivity index (χ0n) is 11.6. The molecule has 2 nitrogen and oxygen atoms in total. The van der Waals surface area contributed by atoms with Crippen LogP contribution in [0.15, 0.2) is 30.5 Å². The SMILES string of the molecule is CN(C)C=C(C(=O)C(C)(C)C)c1ccc(Cl)cc1. The summed E-state index contributed by atoms with van der Waals surface area (Å²) in [6, 6.07) is 7.36. The molecule has 0 aromatic heterocycles. The van der Waals surface area contributed by atoms with Crippen molar-refractivity contribution in [1.82, 2.24) is 4.90 Å². The van der Waals surface area contributed by atoms with E-state index >= 15 is 0 Å². The van der Waals surface area contributed by atoms with Crippen molar-refractivity contribution >= 4 is 23.0 Å². The summed E-state index contributed by atoms with van der Waals surface area (Å²) in [5, 5.41) is 0.672. The van der Waals surface area contributed by atoms with Crippen molar-refractivity contribution in [1.29, 1.82) is 0 Å². The minimum atomic E-state index is -0.401. The Morgan fingerprint density at radius 3 is 2.06 bits per heavy atom. The van der Waals surface area contributed by atoms with Gasteiger partial charge in [0.25, 0.3) is 0 Å². The van der Waals surface area contributed by atoms with E-state index in [1.54, 1.807) is 12.1 Å². The first-order valence-electron chi connectivity index (χ1n) is 5.91. The summed E-state index contributed by atoms with van der Waals surface area (Å²) >= 11 is 5.88. The van der Waals surface area contributed by atoms with Crippen LogP contribution in [0, 0.1) is 5.41 Å². The highest BCUT2D eigenvalue weighted by Gasteiger charge is 2.26. The van der Waals surface area contributed by atoms with Crippen molar-refractivity contribution in [3.05, 3.63) is 41.1 Å². The van der Waals surface area contributed by atoms with Crippen molar-refractivity contribution in [3.63, 3.8) is 0 Å². The number of nitrogens with zero attached hydrogens (tertiary/aromatic N) is 1. The molecule has 0 unspecified atom stereocenters. The van der Waals surface area contributed by atoms with Gasteiger partial charge in [-0.15, -0.1) is 0 Å². The second-order valence-corrected chi connectivity index (χ2v) is 6.03. The maximum atomic E-state index is 12.5. The Morgan fingerprint density at radius 2 is 1.67 bits per heavy atom. The number of rotatable bonds is 3. The zero-order chi connectivity index (χ0) is 13.9. The number of carbonyl (C=O) groups excluding carboxylic acids is 1. The lowest BCUT2D eigenvalue weighted by molar-refractivity contribution is -0.120. The van der Waals surface area contributed by atoms with Crippen LogP contribution in [0.3, 0.4) is 0 Å². The maximum Gasteiger partial charge on any atom is 0.170 e. The van der Waals surface area contributed by atoms with E-state index in [0.717, 1.165) is 5.56 Å². The molecule has 0 atom stereocenters. The van der Waals surface area contributed by atoms with Gasteiger partial charge in [-0.2, -0.15) is 0 Å². The van der Waals surface area contributed by atoms with Crippen molar-refractivity contribution in [3.8, 4) is 0 Å². The van der Waals surface area contributed by atoms with E-state index in [1.165, 1.54) is 0 Å². The van der Waals surface area contributed by atoms with Gasteiger partial charge in [0.2, 0.25) is 0 Å². The van der Waals surface area contributed by atoms with Gasteiger partial charge in [-0.25, -0.2) is 0 Å². The molecule has 0 aliphatic heterocycles. The lowest BCUT2D eigenvalue weighted by atomic mass is 9.84. The molecule has 98 valence electrons. The number of Topliss-reactive ketones (excluding diaryl/α,β-unsaturated/α-hetero) is 1. The molecule has 1 aromatic carbocycles. The number of hydrogen-bond acceptors (Lipinski definition) is 2. The number of hydrogen-bond donors (Lipinski definition) is 0. The summed E-state index contributed by atoms with van der Waals surface area (Å²) in [6.45, 7) is 5.78. The quantitative estimate of drug-likeness (QED) is 0.774. The second-order valence-electron chi connectivity index (χ2n) is 5.59. The Balaban J connectivity index is 3.23. The first-order valence-corrected chi connectivity index (χ1v) is 6.28. The fourth-order valence-corrected chi connectivity index (χ4v) is 1.68. The number of benzene rings is 1. The molecule has 1 aromatic rings. The highest BCUT2D eigenvalue weighted by Crippen LogP contribution is 2.27. The van der Waals surface area contributed by atoms with E-state index in [4.69, 9.17) is 11.6 Å². The van der Waals surface area contributed by atoms with Crippen LogP contribution in [0.25, 0.3) is 5.57 Å². The van der Waals surface area contributed by atoms with Gasteiger partial charge in [0, 0.05) is 36.3 Å². The number of ketones is 1. The van der Waals surface area contributed by atoms with Gasteiger partial charge in [0.05, 0.1) is 0 Å². The number of halogens is 1. The first kappa shape index (κ1) is 14.8. The van der Waals surface area contributed by atoms with Crippen LogP contribution in [-0.4, -0.2) is 24.8 Å². The van der Waals surface area contributed by atoms with Crippen LogP contribution >= 0.6 is 11.6 Å². The van der Waals surface area contributed by atoms with Gasteiger partial charge in [-0.05, 0) is 17.7 Å². The van der Waals surface area contributed by atoms with E-state index < -0.39 is 5.41 Å². The monoisotopic (exact) mass is 265 g/mol. The van der Waals surface area contributed by atoms with Crippen molar-refractivity contribution in [2.45, 2.75) is 20.8 Å². The fourth-order valence-electron chi connectivity index (χ4n) is 1.56. The molecule has 0 fully saturated rings.